The van der Waals surface area contributed by atoms with Crippen LogP contribution in [0.1, 0.15) is 25.3 Å². The first-order valence-corrected chi connectivity index (χ1v) is 7.39. The summed E-state index contributed by atoms with van der Waals surface area (Å²) in [5.74, 6) is 3.01. The summed E-state index contributed by atoms with van der Waals surface area (Å²) in [4.78, 5) is 9.28. The van der Waals surface area contributed by atoms with Gasteiger partial charge in [-0.15, -0.1) is 0 Å². The van der Waals surface area contributed by atoms with E-state index in [0.29, 0.717) is 5.92 Å². The van der Waals surface area contributed by atoms with Crippen LogP contribution in [0.4, 0.5) is 5.82 Å². The van der Waals surface area contributed by atoms with Gasteiger partial charge in [0.15, 0.2) is 5.82 Å². The van der Waals surface area contributed by atoms with Gasteiger partial charge in [0.2, 0.25) is 0 Å². The lowest BCUT2D eigenvalue weighted by molar-refractivity contribution is 0.535. The van der Waals surface area contributed by atoms with Crippen molar-refractivity contribution >= 4 is 28.4 Å². The maximum absolute atomic E-state index is 5.34. The summed E-state index contributed by atoms with van der Waals surface area (Å²) in [7, 11) is 1.88. The Hall–Kier alpha value is -1.11. The number of nitrogens with one attached hydrogen (secondary N) is 1. The average Bonchev–Trinajstić information content (AvgIpc) is 2.77. The average molecular weight is 371 g/mol. The molecule has 0 aliphatic heterocycles. The van der Waals surface area contributed by atoms with Gasteiger partial charge in [0, 0.05) is 7.05 Å². The van der Waals surface area contributed by atoms with Gasteiger partial charge in [0.1, 0.15) is 11.6 Å². The molecule has 0 radical (unpaired) electrons. The Morgan fingerprint density at radius 3 is 2.63 bits per heavy atom. The van der Waals surface area contributed by atoms with Gasteiger partial charge in [0.25, 0.3) is 0 Å². The van der Waals surface area contributed by atoms with Crippen molar-refractivity contribution in [3.05, 3.63) is 27.4 Å². The van der Waals surface area contributed by atoms with Crippen LogP contribution in [0.5, 0.6) is 0 Å². The predicted octanol–water partition coefficient (Wildman–Crippen LogP) is 3.89. The molecule has 102 valence electrons. The van der Waals surface area contributed by atoms with Gasteiger partial charge in [-0.25, -0.2) is 9.97 Å². The molecule has 1 N–H and O–H groups in total. The zero-order valence-corrected chi connectivity index (χ0v) is 13.8. The fourth-order valence-corrected chi connectivity index (χ4v) is 2.65. The second kappa shape index (κ2) is 5.90. The Morgan fingerprint density at radius 2 is 2.11 bits per heavy atom. The molecule has 0 aliphatic carbocycles. The zero-order chi connectivity index (χ0) is 14.0. The third-order valence-corrected chi connectivity index (χ3v) is 3.99. The SMILES string of the molecule is CNc1nc(-c2ccoc2C)nc(CC(C)C)c1I. The van der Waals surface area contributed by atoms with Crippen LogP contribution in [0.15, 0.2) is 16.7 Å². The van der Waals surface area contributed by atoms with Crippen molar-refractivity contribution in [2.24, 2.45) is 5.92 Å². The monoisotopic (exact) mass is 371 g/mol. The first kappa shape index (κ1) is 14.3. The second-order valence-corrected chi connectivity index (χ2v) is 5.97. The molecular formula is C14H18IN3O. The Morgan fingerprint density at radius 1 is 1.37 bits per heavy atom. The van der Waals surface area contributed by atoms with E-state index in [1.807, 2.05) is 20.0 Å². The van der Waals surface area contributed by atoms with Crippen LogP contribution in [-0.2, 0) is 6.42 Å². The number of hydrogen-bond acceptors (Lipinski definition) is 4. The number of rotatable bonds is 4. The van der Waals surface area contributed by atoms with Crippen LogP contribution in [0, 0.1) is 16.4 Å². The number of hydrogen-bond donors (Lipinski definition) is 1. The van der Waals surface area contributed by atoms with Crippen molar-refractivity contribution in [2.45, 2.75) is 27.2 Å². The molecular weight excluding hydrogens is 353 g/mol. The molecule has 4 nitrogen and oxygen atoms in total. The maximum Gasteiger partial charge on any atom is 0.165 e. The number of halogens is 1. The number of aromatic nitrogens is 2. The van der Waals surface area contributed by atoms with Gasteiger partial charge in [-0.3, -0.25) is 0 Å². The fourth-order valence-electron chi connectivity index (χ4n) is 1.92. The molecule has 2 rings (SSSR count). The summed E-state index contributed by atoms with van der Waals surface area (Å²) in [6.07, 6.45) is 2.62. The summed E-state index contributed by atoms with van der Waals surface area (Å²) in [5.41, 5.74) is 2.04. The van der Waals surface area contributed by atoms with Gasteiger partial charge in [0.05, 0.1) is 21.1 Å². The molecule has 2 heterocycles. The highest BCUT2D eigenvalue weighted by Crippen LogP contribution is 2.27. The molecule has 0 atom stereocenters. The third kappa shape index (κ3) is 3.08. The van der Waals surface area contributed by atoms with Crippen molar-refractivity contribution in [1.82, 2.24) is 9.97 Å². The third-order valence-electron chi connectivity index (χ3n) is 2.86. The van der Waals surface area contributed by atoms with Crippen LogP contribution in [0.2, 0.25) is 0 Å². The molecule has 2 aromatic heterocycles. The van der Waals surface area contributed by atoms with Crippen LogP contribution in [0.25, 0.3) is 11.4 Å². The van der Waals surface area contributed by atoms with Crippen molar-refractivity contribution in [2.75, 3.05) is 12.4 Å². The quantitative estimate of drug-likeness (QED) is 0.829. The van der Waals surface area contributed by atoms with Gasteiger partial charge in [-0.2, -0.15) is 0 Å². The van der Waals surface area contributed by atoms with Gasteiger partial charge < -0.3 is 9.73 Å². The van der Waals surface area contributed by atoms with E-state index in [-0.39, 0.29) is 0 Å². The van der Waals surface area contributed by atoms with E-state index in [0.717, 1.165) is 38.7 Å². The van der Waals surface area contributed by atoms with E-state index in [1.54, 1.807) is 6.26 Å². The molecule has 0 amide bonds. The maximum atomic E-state index is 5.34. The zero-order valence-electron chi connectivity index (χ0n) is 11.6. The highest BCUT2D eigenvalue weighted by Gasteiger charge is 2.15. The van der Waals surface area contributed by atoms with Crippen LogP contribution in [-0.4, -0.2) is 17.0 Å². The molecule has 5 heteroatoms. The molecule has 0 fully saturated rings. The van der Waals surface area contributed by atoms with E-state index in [4.69, 9.17) is 9.40 Å². The normalized spacial score (nSPS) is 11.1. The summed E-state index contributed by atoms with van der Waals surface area (Å²) in [6.45, 7) is 6.32. The molecule has 19 heavy (non-hydrogen) atoms. The molecule has 0 bridgehead atoms. The lowest BCUT2D eigenvalue weighted by Crippen LogP contribution is -2.07. The highest BCUT2D eigenvalue weighted by molar-refractivity contribution is 14.1. The van der Waals surface area contributed by atoms with Gasteiger partial charge >= 0.3 is 0 Å². The Kier molecular flexibility index (Phi) is 4.44. The van der Waals surface area contributed by atoms with Crippen molar-refractivity contribution < 1.29 is 4.42 Å². The van der Waals surface area contributed by atoms with E-state index >= 15 is 0 Å². The minimum atomic E-state index is 0.561. The van der Waals surface area contributed by atoms with Crippen molar-refractivity contribution in [1.29, 1.82) is 0 Å². The molecule has 0 saturated carbocycles. The fraction of sp³-hybridized carbons (Fsp3) is 0.429. The lowest BCUT2D eigenvalue weighted by atomic mass is 10.1. The van der Waals surface area contributed by atoms with E-state index < -0.39 is 0 Å². The smallest absolute Gasteiger partial charge is 0.165 e. The van der Waals surface area contributed by atoms with Crippen LogP contribution < -0.4 is 5.32 Å². The van der Waals surface area contributed by atoms with Gasteiger partial charge in [-0.05, 0) is 47.9 Å². The van der Waals surface area contributed by atoms with Crippen molar-refractivity contribution in [3.63, 3.8) is 0 Å². The van der Waals surface area contributed by atoms with E-state index in [2.05, 4.69) is 46.7 Å². The summed E-state index contributed by atoms with van der Waals surface area (Å²) in [5, 5.41) is 3.14. The Labute approximate surface area is 127 Å². The number of aryl methyl sites for hydroxylation is 1. The van der Waals surface area contributed by atoms with E-state index in [1.165, 1.54) is 0 Å². The van der Waals surface area contributed by atoms with Crippen molar-refractivity contribution in [3.8, 4) is 11.4 Å². The van der Waals surface area contributed by atoms with Crippen LogP contribution in [0.3, 0.4) is 0 Å². The number of anilines is 1. The summed E-state index contributed by atoms with van der Waals surface area (Å²) in [6, 6.07) is 1.91. The second-order valence-electron chi connectivity index (χ2n) is 4.89. The molecule has 2 aromatic rings. The van der Waals surface area contributed by atoms with Gasteiger partial charge in [-0.1, -0.05) is 13.8 Å². The van der Waals surface area contributed by atoms with Crippen LogP contribution >= 0.6 is 22.6 Å². The van der Waals surface area contributed by atoms with E-state index in [9.17, 15) is 0 Å². The summed E-state index contributed by atoms with van der Waals surface area (Å²) < 4.78 is 6.44. The predicted molar refractivity (Wildman–Crippen MR) is 85.3 cm³/mol. The first-order chi connectivity index (χ1) is 9.02. The molecule has 0 aliphatic rings. The minimum Gasteiger partial charge on any atom is -0.469 e. The number of nitrogens with zero attached hydrogens (tertiary/aromatic N) is 2. The topological polar surface area (TPSA) is 51.0 Å². The first-order valence-electron chi connectivity index (χ1n) is 6.31. The standard InChI is InChI=1S/C14H18IN3O/c1-8(2)7-11-12(15)14(16-4)18-13(17-11)10-5-6-19-9(10)3/h5-6,8H,7H2,1-4H3,(H,16,17,18). The summed E-state index contributed by atoms with van der Waals surface area (Å²) >= 11 is 2.31. The lowest BCUT2D eigenvalue weighted by Gasteiger charge is -2.12. The molecule has 0 aromatic carbocycles. The molecule has 0 unspecified atom stereocenters. The number of furan rings is 1. The Balaban J connectivity index is 2.54. The highest BCUT2D eigenvalue weighted by atomic mass is 127. The molecule has 0 spiro atoms. The molecule has 0 saturated heterocycles. The largest absolute Gasteiger partial charge is 0.469 e. The minimum absolute atomic E-state index is 0.561. The Bertz CT molecular complexity index is 578.